The minimum atomic E-state index is -0.792. The Bertz CT molecular complexity index is 1170. The second kappa shape index (κ2) is 11.3. The summed E-state index contributed by atoms with van der Waals surface area (Å²) < 4.78 is 9.83. The molecule has 1 unspecified atom stereocenters. The van der Waals surface area contributed by atoms with Crippen molar-refractivity contribution in [1.29, 1.82) is 0 Å². The van der Waals surface area contributed by atoms with Gasteiger partial charge in [0, 0.05) is 24.7 Å². The number of esters is 2. The molecule has 37 heavy (non-hydrogen) atoms. The van der Waals surface area contributed by atoms with E-state index in [-0.39, 0.29) is 30.5 Å². The van der Waals surface area contributed by atoms with Gasteiger partial charge in [0.15, 0.2) is 5.11 Å². The fraction of sp³-hybridized carbons (Fsp3) is 0.417. The van der Waals surface area contributed by atoms with E-state index in [1.165, 1.54) is 35.6 Å². The number of rotatable bonds is 9. The smallest absolute Gasteiger partial charge is 0.354 e. The molecule has 2 N–H and O–H groups in total. The molecule has 0 aliphatic carbocycles. The number of hydrogen-bond donors (Lipinski definition) is 2. The monoisotopic (exact) mass is 546 g/mol. The van der Waals surface area contributed by atoms with Crippen LogP contribution < -0.4 is 15.5 Å². The highest BCUT2D eigenvalue weighted by atomic mass is 32.2. The number of ether oxygens (including phenoxy) is 2. The molecule has 0 saturated carbocycles. The van der Waals surface area contributed by atoms with Crippen LogP contribution >= 0.6 is 24.0 Å². The maximum Gasteiger partial charge on any atom is 0.354 e. The van der Waals surface area contributed by atoms with Crippen molar-refractivity contribution in [3.8, 4) is 0 Å². The first-order chi connectivity index (χ1) is 17.7. The Morgan fingerprint density at radius 1 is 1.19 bits per heavy atom. The zero-order valence-electron chi connectivity index (χ0n) is 20.2. The Hall–Kier alpha value is -3.45. The second-order valence-corrected chi connectivity index (χ2v) is 10.1. The van der Waals surface area contributed by atoms with Gasteiger partial charge in [0.25, 0.3) is 11.8 Å². The molecule has 3 heterocycles. The van der Waals surface area contributed by atoms with Crippen LogP contribution in [0.3, 0.4) is 0 Å². The summed E-state index contributed by atoms with van der Waals surface area (Å²) in [6.45, 7) is 1.13. The SMILES string of the molecule is COC(=O)C1=C(COC(C)=O)CS[C@@H]2[C@H](NC(=O)CCCC3NC(=S)N(c4ccccc4)C3=O)C(=O)N12. The molecule has 11 nitrogen and oxygen atoms in total. The fourth-order valence-electron chi connectivity index (χ4n) is 4.33. The summed E-state index contributed by atoms with van der Waals surface area (Å²) in [7, 11) is 1.20. The number of benzene rings is 1. The van der Waals surface area contributed by atoms with Crippen LogP contribution in [0.25, 0.3) is 0 Å². The van der Waals surface area contributed by atoms with Gasteiger partial charge in [-0.1, -0.05) is 18.2 Å². The van der Waals surface area contributed by atoms with E-state index in [0.717, 1.165) is 0 Å². The average molecular weight is 547 g/mol. The van der Waals surface area contributed by atoms with Gasteiger partial charge in [0.1, 0.15) is 29.8 Å². The molecule has 3 amide bonds. The number of fused-ring (bicyclic) bond motifs is 1. The number of hydrogen-bond acceptors (Lipinski definition) is 9. The van der Waals surface area contributed by atoms with Crippen molar-refractivity contribution in [2.45, 2.75) is 43.6 Å². The molecule has 0 bridgehead atoms. The molecule has 13 heteroatoms. The first-order valence-electron chi connectivity index (χ1n) is 11.6. The van der Waals surface area contributed by atoms with E-state index in [4.69, 9.17) is 21.7 Å². The molecule has 0 aromatic heterocycles. The zero-order chi connectivity index (χ0) is 26.7. The van der Waals surface area contributed by atoms with Crippen molar-refractivity contribution >= 4 is 64.4 Å². The zero-order valence-corrected chi connectivity index (χ0v) is 21.9. The maximum atomic E-state index is 12.9. The number of nitrogens with zero attached hydrogens (tertiary/aromatic N) is 2. The first kappa shape index (κ1) is 26.6. The van der Waals surface area contributed by atoms with Crippen LogP contribution in [0.15, 0.2) is 41.6 Å². The Morgan fingerprint density at radius 2 is 1.92 bits per heavy atom. The highest BCUT2D eigenvalue weighted by Gasteiger charge is 2.54. The molecular formula is C24H26N4O7S2. The molecule has 4 rings (SSSR count). The standard InChI is InChI=1S/C24H26N4O7S2/c1-13(29)35-11-14-12-37-22-18(21(32)28(22)19(14)23(33)34-2)26-17(30)10-6-9-16-20(31)27(24(36)25-16)15-7-4-3-5-8-15/h3-5,7-8,16,18,22H,6,9-12H2,1-2H3,(H,25,36)(H,26,30)/t16?,18-,22-/m1/s1. The van der Waals surface area contributed by atoms with Crippen LogP contribution in [0.5, 0.6) is 0 Å². The van der Waals surface area contributed by atoms with E-state index in [1.54, 1.807) is 12.1 Å². The average Bonchev–Trinajstić information content (AvgIpc) is 3.17. The van der Waals surface area contributed by atoms with Gasteiger partial charge in [0.05, 0.1) is 12.8 Å². The van der Waals surface area contributed by atoms with Gasteiger partial charge in [-0.15, -0.1) is 11.8 Å². The summed E-state index contributed by atoms with van der Waals surface area (Å²) in [5.41, 5.74) is 1.20. The van der Waals surface area contributed by atoms with E-state index in [9.17, 15) is 24.0 Å². The number of thiocarbonyl (C=S) groups is 1. The molecule has 2 saturated heterocycles. The van der Waals surface area contributed by atoms with E-state index in [0.29, 0.717) is 35.0 Å². The molecule has 3 aliphatic heterocycles. The third-order valence-electron chi connectivity index (χ3n) is 6.12. The van der Waals surface area contributed by atoms with Crippen molar-refractivity contribution in [3.63, 3.8) is 0 Å². The lowest BCUT2D eigenvalue weighted by molar-refractivity contribution is -0.152. The van der Waals surface area contributed by atoms with Crippen LogP contribution in [0.2, 0.25) is 0 Å². The van der Waals surface area contributed by atoms with Crippen LogP contribution in [0.4, 0.5) is 5.69 Å². The topological polar surface area (TPSA) is 134 Å². The number of nitrogens with one attached hydrogen (secondary N) is 2. The van der Waals surface area contributed by atoms with E-state index >= 15 is 0 Å². The van der Waals surface area contributed by atoms with Crippen LogP contribution in [-0.2, 0) is 33.4 Å². The van der Waals surface area contributed by atoms with Crippen molar-refractivity contribution < 1.29 is 33.4 Å². The van der Waals surface area contributed by atoms with Crippen molar-refractivity contribution in [1.82, 2.24) is 15.5 Å². The van der Waals surface area contributed by atoms with Crippen LogP contribution in [0.1, 0.15) is 26.2 Å². The lowest BCUT2D eigenvalue weighted by atomic mass is 10.0. The van der Waals surface area contributed by atoms with Gasteiger partial charge in [-0.3, -0.25) is 29.0 Å². The molecule has 3 aliphatic rings. The summed E-state index contributed by atoms with van der Waals surface area (Å²) >= 11 is 6.67. The number of anilines is 1. The fourth-order valence-corrected chi connectivity index (χ4v) is 5.99. The first-order valence-corrected chi connectivity index (χ1v) is 13.1. The number of methoxy groups -OCH3 is 1. The van der Waals surface area contributed by atoms with Crippen molar-refractivity contribution in [2.75, 3.05) is 24.4 Å². The third-order valence-corrected chi connectivity index (χ3v) is 7.76. The Balaban J connectivity index is 1.30. The van der Waals surface area contributed by atoms with Crippen LogP contribution in [-0.4, -0.2) is 76.6 Å². The number of para-hydroxylation sites is 1. The van der Waals surface area contributed by atoms with Gasteiger partial charge in [-0.2, -0.15) is 0 Å². The predicted molar refractivity (Wildman–Crippen MR) is 138 cm³/mol. The van der Waals surface area contributed by atoms with E-state index in [2.05, 4.69) is 10.6 Å². The number of carbonyl (C=O) groups excluding carboxylic acids is 5. The molecule has 1 aromatic rings. The molecule has 3 atom stereocenters. The largest absolute Gasteiger partial charge is 0.464 e. The normalized spacial score (nSPS) is 22.8. The molecule has 2 fully saturated rings. The van der Waals surface area contributed by atoms with Crippen LogP contribution in [0, 0.1) is 0 Å². The van der Waals surface area contributed by atoms with Gasteiger partial charge in [-0.05, 0) is 37.2 Å². The van der Waals surface area contributed by atoms with E-state index < -0.39 is 35.3 Å². The summed E-state index contributed by atoms with van der Waals surface area (Å²) in [5.74, 6) is -1.82. The van der Waals surface area contributed by atoms with Gasteiger partial charge < -0.3 is 20.1 Å². The molecule has 1 aromatic carbocycles. The maximum absolute atomic E-state index is 12.9. The predicted octanol–water partition coefficient (Wildman–Crippen LogP) is 0.837. The Kier molecular flexibility index (Phi) is 8.13. The highest BCUT2D eigenvalue weighted by molar-refractivity contribution is 8.00. The Labute approximate surface area is 222 Å². The molecule has 0 radical (unpaired) electrons. The van der Waals surface area contributed by atoms with Gasteiger partial charge >= 0.3 is 11.9 Å². The quantitative estimate of drug-likeness (QED) is 0.261. The van der Waals surface area contributed by atoms with Crippen molar-refractivity contribution in [3.05, 3.63) is 41.6 Å². The molecule has 0 spiro atoms. The summed E-state index contributed by atoms with van der Waals surface area (Å²) in [5, 5.41) is 5.59. The number of thioether (sulfide) groups is 1. The Morgan fingerprint density at radius 3 is 2.59 bits per heavy atom. The van der Waals surface area contributed by atoms with Gasteiger partial charge in [0.2, 0.25) is 5.91 Å². The summed E-state index contributed by atoms with van der Waals surface area (Å²) in [6.07, 6.45) is 0.915. The minimum absolute atomic E-state index is 0.0489. The summed E-state index contributed by atoms with van der Waals surface area (Å²) in [4.78, 5) is 64.5. The van der Waals surface area contributed by atoms with Crippen molar-refractivity contribution in [2.24, 2.45) is 0 Å². The lowest BCUT2D eigenvalue weighted by Crippen LogP contribution is -2.70. The highest BCUT2D eigenvalue weighted by Crippen LogP contribution is 2.40. The van der Waals surface area contributed by atoms with Gasteiger partial charge in [-0.25, -0.2) is 4.79 Å². The number of amides is 3. The summed E-state index contributed by atoms with van der Waals surface area (Å²) in [6, 6.07) is 7.76. The molecular weight excluding hydrogens is 520 g/mol. The van der Waals surface area contributed by atoms with E-state index in [1.807, 2.05) is 18.2 Å². The third kappa shape index (κ3) is 5.47. The number of carbonyl (C=O) groups is 5. The second-order valence-electron chi connectivity index (χ2n) is 8.58. The molecule has 196 valence electrons. The number of β-lactam (4-membered cyclic amide) rings is 1. The lowest BCUT2D eigenvalue weighted by Gasteiger charge is -2.49. The minimum Gasteiger partial charge on any atom is -0.464 e.